The van der Waals surface area contributed by atoms with Crippen LogP contribution < -0.4 is 5.32 Å². The summed E-state index contributed by atoms with van der Waals surface area (Å²) in [6.45, 7) is 9.45. The van der Waals surface area contributed by atoms with Gasteiger partial charge >= 0.3 is 0 Å². The fraction of sp³-hybridized carbons (Fsp3) is 0.762. The molecule has 1 unspecified atom stereocenters. The van der Waals surface area contributed by atoms with E-state index in [1.54, 1.807) is 0 Å². The molecule has 1 aromatic heterocycles. The van der Waals surface area contributed by atoms with Crippen molar-refractivity contribution in [2.24, 2.45) is 0 Å². The van der Waals surface area contributed by atoms with Gasteiger partial charge in [0.2, 0.25) is 0 Å². The normalized spacial score (nSPS) is 22.9. The summed E-state index contributed by atoms with van der Waals surface area (Å²) in [7, 11) is 0. The molecule has 1 aliphatic carbocycles. The Morgan fingerprint density at radius 1 is 1.12 bits per heavy atom. The molecule has 25 heavy (non-hydrogen) atoms. The van der Waals surface area contributed by atoms with Crippen molar-refractivity contribution in [1.29, 1.82) is 0 Å². The SMILES string of the molecule is Cc1cc(C(=O)NCCN2CCCCC2C)c(C)n1C1CCCCC1. The molecule has 1 atom stereocenters. The van der Waals surface area contributed by atoms with E-state index in [0.717, 1.165) is 24.3 Å². The number of hydrogen-bond acceptors (Lipinski definition) is 2. The lowest BCUT2D eigenvalue weighted by Crippen LogP contribution is -2.42. The van der Waals surface area contributed by atoms with Gasteiger partial charge in [-0.25, -0.2) is 0 Å². The topological polar surface area (TPSA) is 37.3 Å². The number of rotatable bonds is 5. The molecule has 1 N–H and O–H groups in total. The zero-order chi connectivity index (χ0) is 17.8. The Balaban J connectivity index is 1.58. The highest BCUT2D eigenvalue weighted by atomic mass is 16.1. The number of nitrogens with zero attached hydrogens (tertiary/aromatic N) is 2. The molecule has 1 aromatic rings. The molecule has 0 radical (unpaired) electrons. The van der Waals surface area contributed by atoms with Crippen LogP contribution in [0.25, 0.3) is 0 Å². The first kappa shape index (κ1) is 18.5. The second-order valence-corrected chi connectivity index (χ2v) is 8.08. The van der Waals surface area contributed by atoms with Gasteiger partial charge in [0.15, 0.2) is 0 Å². The summed E-state index contributed by atoms with van der Waals surface area (Å²) in [6, 6.07) is 3.33. The van der Waals surface area contributed by atoms with E-state index in [2.05, 4.69) is 41.6 Å². The van der Waals surface area contributed by atoms with E-state index in [1.807, 2.05) is 0 Å². The summed E-state index contributed by atoms with van der Waals surface area (Å²) >= 11 is 0. The molecular formula is C21H35N3O. The minimum Gasteiger partial charge on any atom is -0.351 e. The first-order valence-corrected chi connectivity index (χ1v) is 10.3. The van der Waals surface area contributed by atoms with Gasteiger partial charge in [-0.15, -0.1) is 0 Å². The van der Waals surface area contributed by atoms with Gasteiger partial charge in [0.1, 0.15) is 0 Å². The lowest BCUT2D eigenvalue weighted by Gasteiger charge is -2.33. The van der Waals surface area contributed by atoms with Crippen molar-refractivity contribution in [2.75, 3.05) is 19.6 Å². The van der Waals surface area contributed by atoms with E-state index in [-0.39, 0.29) is 5.91 Å². The standard InChI is InChI=1S/C21H35N3O/c1-16-9-7-8-13-23(16)14-12-22-21(25)20-15-17(2)24(18(20)3)19-10-5-4-6-11-19/h15-16,19H,4-14H2,1-3H3,(H,22,25). The number of carbonyl (C=O) groups excluding carboxylic acids is 1. The van der Waals surface area contributed by atoms with Crippen LogP contribution in [0.15, 0.2) is 6.07 Å². The quantitative estimate of drug-likeness (QED) is 0.868. The van der Waals surface area contributed by atoms with Gasteiger partial charge in [-0.05, 0) is 59.1 Å². The van der Waals surface area contributed by atoms with Crippen LogP contribution in [0, 0.1) is 13.8 Å². The average Bonchev–Trinajstić information content (AvgIpc) is 2.92. The van der Waals surface area contributed by atoms with Crippen LogP contribution in [0.5, 0.6) is 0 Å². The minimum atomic E-state index is 0.0971. The molecule has 1 aliphatic heterocycles. The Hall–Kier alpha value is -1.29. The van der Waals surface area contributed by atoms with Crippen molar-refractivity contribution in [3.05, 3.63) is 23.0 Å². The van der Waals surface area contributed by atoms with Crippen LogP contribution >= 0.6 is 0 Å². The molecular weight excluding hydrogens is 310 g/mol. The van der Waals surface area contributed by atoms with Crippen molar-refractivity contribution in [3.63, 3.8) is 0 Å². The summed E-state index contributed by atoms with van der Waals surface area (Å²) in [5, 5.41) is 3.16. The van der Waals surface area contributed by atoms with Crippen LogP contribution in [0.3, 0.4) is 0 Å². The van der Waals surface area contributed by atoms with Crippen molar-refractivity contribution < 1.29 is 4.79 Å². The Bertz CT molecular complexity index is 586. The number of hydrogen-bond donors (Lipinski definition) is 1. The molecule has 1 amide bonds. The van der Waals surface area contributed by atoms with Crippen LogP contribution in [0.2, 0.25) is 0 Å². The summed E-state index contributed by atoms with van der Waals surface area (Å²) in [5.74, 6) is 0.0971. The maximum Gasteiger partial charge on any atom is 0.253 e. The van der Waals surface area contributed by atoms with Crippen LogP contribution in [0.1, 0.15) is 86.1 Å². The molecule has 2 aliphatic rings. The highest BCUT2D eigenvalue weighted by Crippen LogP contribution is 2.32. The number of likely N-dealkylation sites (tertiary alicyclic amines) is 1. The first-order chi connectivity index (χ1) is 12.1. The van der Waals surface area contributed by atoms with E-state index in [9.17, 15) is 4.79 Å². The van der Waals surface area contributed by atoms with E-state index in [1.165, 1.54) is 63.6 Å². The summed E-state index contributed by atoms with van der Waals surface area (Å²) in [6.07, 6.45) is 10.4. The smallest absolute Gasteiger partial charge is 0.253 e. The minimum absolute atomic E-state index is 0.0971. The predicted molar refractivity (Wildman–Crippen MR) is 103 cm³/mol. The average molecular weight is 346 g/mol. The molecule has 4 nitrogen and oxygen atoms in total. The van der Waals surface area contributed by atoms with Crippen molar-refractivity contribution in [3.8, 4) is 0 Å². The van der Waals surface area contributed by atoms with E-state index < -0.39 is 0 Å². The molecule has 1 saturated carbocycles. The predicted octanol–water partition coefficient (Wildman–Crippen LogP) is 4.21. The molecule has 2 fully saturated rings. The lowest BCUT2D eigenvalue weighted by atomic mass is 9.95. The number of carbonyl (C=O) groups is 1. The largest absolute Gasteiger partial charge is 0.351 e. The number of aryl methyl sites for hydroxylation is 1. The number of aromatic nitrogens is 1. The van der Waals surface area contributed by atoms with Crippen molar-refractivity contribution in [2.45, 2.75) is 84.2 Å². The van der Waals surface area contributed by atoms with Gasteiger partial charge in [0.25, 0.3) is 5.91 Å². The third-order valence-corrected chi connectivity index (χ3v) is 6.29. The van der Waals surface area contributed by atoms with E-state index >= 15 is 0 Å². The Kier molecular flexibility index (Phi) is 6.21. The molecule has 0 spiro atoms. The van der Waals surface area contributed by atoms with Gasteiger partial charge in [0.05, 0.1) is 5.56 Å². The molecule has 2 heterocycles. The second kappa shape index (κ2) is 8.39. The fourth-order valence-electron chi connectivity index (χ4n) is 4.81. The second-order valence-electron chi connectivity index (χ2n) is 8.08. The molecule has 0 aromatic carbocycles. The third-order valence-electron chi connectivity index (χ3n) is 6.29. The summed E-state index contributed by atoms with van der Waals surface area (Å²) < 4.78 is 2.42. The first-order valence-electron chi connectivity index (χ1n) is 10.3. The number of piperidine rings is 1. The van der Waals surface area contributed by atoms with E-state index in [0.29, 0.717) is 12.1 Å². The maximum atomic E-state index is 12.7. The van der Waals surface area contributed by atoms with Crippen molar-refractivity contribution >= 4 is 5.91 Å². The van der Waals surface area contributed by atoms with Gasteiger partial charge < -0.3 is 9.88 Å². The van der Waals surface area contributed by atoms with E-state index in [4.69, 9.17) is 0 Å². The monoisotopic (exact) mass is 345 g/mol. The Labute approximate surface area is 153 Å². The highest BCUT2D eigenvalue weighted by Gasteiger charge is 2.23. The lowest BCUT2D eigenvalue weighted by molar-refractivity contribution is 0.0937. The molecule has 1 saturated heterocycles. The fourth-order valence-corrected chi connectivity index (χ4v) is 4.81. The van der Waals surface area contributed by atoms with Gasteiger partial charge in [-0.2, -0.15) is 0 Å². The third kappa shape index (κ3) is 4.28. The Morgan fingerprint density at radius 2 is 1.84 bits per heavy atom. The van der Waals surface area contributed by atoms with Crippen LogP contribution in [-0.4, -0.2) is 41.1 Å². The Morgan fingerprint density at radius 3 is 2.56 bits per heavy atom. The zero-order valence-electron chi connectivity index (χ0n) is 16.3. The van der Waals surface area contributed by atoms with Crippen LogP contribution in [0.4, 0.5) is 0 Å². The highest BCUT2D eigenvalue weighted by molar-refractivity contribution is 5.95. The van der Waals surface area contributed by atoms with Gasteiger partial charge in [0, 0.05) is 36.6 Å². The number of nitrogens with one attached hydrogen (secondary N) is 1. The molecule has 140 valence electrons. The molecule has 3 rings (SSSR count). The summed E-state index contributed by atoms with van der Waals surface area (Å²) in [4.78, 5) is 15.2. The van der Waals surface area contributed by atoms with Crippen LogP contribution in [-0.2, 0) is 0 Å². The van der Waals surface area contributed by atoms with Crippen molar-refractivity contribution in [1.82, 2.24) is 14.8 Å². The maximum absolute atomic E-state index is 12.7. The van der Waals surface area contributed by atoms with Gasteiger partial charge in [-0.3, -0.25) is 9.69 Å². The molecule has 4 heteroatoms. The summed E-state index contributed by atoms with van der Waals surface area (Å²) in [5.41, 5.74) is 3.25. The zero-order valence-corrected chi connectivity index (χ0v) is 16.3. The molecule has 0 bridgehead atoms. The number of amides is 1. The van der Waals surface area contributed by atoms with Gasteiger partial charge in [-0.1, -0.05) is 25.7 Å².